The number of carbonyl (C=O) groups excluding carboxylic acids is 3. The molecule has 2 aliphatic rings. The van der Waals surface area contributed by atoms with Gasteiger partial charge in [-0.25, -0.2) is 4.79 Å². The van der Waals surface area contributed by atoms with E-state index < -0.39 is 17.9 Å². The molecular formula is C20H20N2O4S. The van der Waals surface area contributed by atoms with Gasteiger partial charge in [-0.3, -0.25) is 9.59 Å². The van der Waals surface area contributed by atoms with Crippen LogP contribution in [0.25, 0.3) is 0 Å². The van der Waals surface area contributed by atoms with Crippen molar-refractivity contribution < 1.29 is 19.1 Å². The molecular weight excluding hydrogens is 364 g/mol. The molecule has 0 aliphatic carbocycles. The van der Waals surface area contributed by atoms with E-state index in [2.05, 4.69) is 0 Å². The first-order valence-electron chi connectivity index (χ1n) is 8.90. The second kappa shape index (κ2) is 7.15. The van der Waals surface area contributed by atoms with Crippen molar-refractivity contribution in [3.8, 4) is 0 Å². The van der Waals surface area contributed by atoms with Crippen LogP contribution in [-0.2, 0) is 25.5 Å². The van der Waals surface area contributed by atoms with Gasteiger partial charge in [-0.05, 0) is 35.6 Å². The van der Waals surface area contributed by atoms with Crippen molar-refractivity contribution in [3.05, 3.63) is 52.2 Å². The van der Waals surface area contributed by atoms with E-state index in [1.54, 1.807) is 21.1 Å². The highest BCUT2D eigenvalue weighted by Gasteiger charge is 2.43. The Kier molecular flexibility index (Phi) is 4.70. The molecule has 1 saturated heterocycles. The summed E-state index contributed by atoms with van der Waals surface area (Å²) in [5, 5.41) is 1.94. The van der Waals surface area contributed by atoms with Crippen LogP contribution < -0.4 is 4.90 Å². The van der Waals surface area contributed by atoms with E-state index in [0.29, 0.717) is 13.1 Å². The fourth-order valence-electron chi connectivity index (χ4n) is 3.88. The minimum Gasteiger partial charge on any atom is -0.467 e. The fourth-order valence-corrected chi connectivity index (χ4v) is 4.79. The molecule has 6 nitrogen and oxygen atoms in total. The Morgan fingerprint density at radius 1 is 1.19 bits per heavy atom. The summed E-state index contributed by atoms with van der Waals surface area (Å²) < 4.78 is 4.97. The second-order valence-corrected chi connectivity index (χ2v) is 7.75. The van der Waals surface area contributed by atoms with Crippen molar-refractivity contribution in [2.45, 2.75) is 18.9 Å². The minimum atomic E-state index is -0.724. The molecule has 2 aromatic rings. The normalized spacial score (nSPS) is 21.9. The number of rotatable bonds is 3. The Hall–Kier alpha value is -2.67. The number of ether oxygens (including phenoxy) is 1. The summed E-state index contributed by atoms with van der Waals surface area (Å²) in [5.41, 5.74) is 1.64. The van der Waals surface area contributed by atoms with Gasteiger partial charge in [-0.15, -0.1) is 11.3 Å². The summed E-state index contributed by atoms with van der Waals surface area (Å²) >= 11 is 1.59. The molecule has 2 aliphatic heterocycles. The van der Waals surface area contributed by atoms with Gasteiger partial charge < -0.3 is 14.5 Å². The maximum Gasteiger partial charge on any atom is 0.333 e. The molecule has 1 aromatic heterocycles. The molecule has 1 aromatic carbocycles. The summed E-state index contributed by atoms with van der Waals surface area (Å²) in [6, 6.07) is 10.5. The first-order chi connectivity index (χ1) is 13.1. The number of fused-ring (bicyclic) bond motifs is 1. The predicted molar refractivity (Wildman–Crippen MR) is 101 cm³/mol. The Balaban J connectivity index is 1.57. The van der Waals surface area contributed by atoms with Gasteiger partial charge in [0.1, 0.15) is 0 Å². The molecule has 2 amide bonds. The van der Waals surface area contributed by atoms with Gasteiger partial charge in [0.05, 0.1) is 13.0 Å². The number of benzene rings is 1. The molecule has 4 rings (SSSR count). The van der Waals surface area contributed by atoms with Gasteiger partial charge in [-0.2, -0.15) is 0 Å². The summed E-state index contributed by atoms with van der Waals surface area (Å²) in [5.74, 6) is -1.12. The van der Waals surface area contributed by atoms with E-state index in [4.69, 9.17) is 4.74 Å². The molecule has 7 heteroatoms. The second-order valence-electron chi connectivity index (χ2n) is 6.75. The zero-order valence-electron chi connectivity index (χ0n) is 15.0. The van der Waals surface area contributed by atoms with Crippen LogP contribution in [-0.4, -0.2) is 42.9 Å². The third-order valence-corrected chi connectivity index (χ3v) is 6.21. The van der Waals surface area contributed by atoms with Gasteiger partial charge in [-0.1, -0.05) is 18.2 Å². The average molecular weight is 384 g/mol. The standard InChI is InChI=1S/C20H20N2O4S/c1-26-20(25)18-15-8-10-27-16(15)7-9-21(18)19(24)13-11-17(23)22(12-13)14-5-3-2-4-6-14/h2-6,8,10,13,18H,7,9,11-12H2,1H3. The van der Waals surface area contributed by atoms with Gasteiger partial charge in [0.15, 0.2) is 6.04 Å². The summed E-state index contributed by atoms with van der Waals surface area (Å²) in [6.07, 6.45) is 0.879. The number of carbonyl (C=O) groups is 3. The fraction of sp³-hybridized carbons (Fsp3) is 0.350. The van der Waals surface area contributed by atoms with Gasteiger partial charge in [0, 0.05) is 30.1 Å². The van der Waals surface area contributed by atoms with Crippen LogP contribution in [0.3, 0.4) is 0 Å². The Morgan fingerprint density at radius 2 is 1.96 bits per heavy atom. The number of amides is 2. The smallest absolute Gasteiger partial charge is 0.333 e. The first-order valence-corrected chi connectivity index (χ1v) is 9.78. The Labute approximate surface area is 161 Å². The number of nitrogens with zero attached hydrogens (tertiary/aromatic N) is 2. The van der Waals surface area contributed by atoms with E-state index in [1.807, 2.05) is 41.8 Å². The molecule has 2 unspecified atom stereocenters. The van der Waals surface area contributed by atoms with Crippen molar-refractivity contribution in [1.82, 2.24) is 4.90 Å². The first kappa shape index (κ1) is 17.7. The number of hydrogen-bond acceptors (Lipinski definition) is 5. The monoisotopic (exact) mass is 384 g/mol. The number of para-hydroxylation sites is 1. The van der Waals surface area contributed by atoms with Crippen LogP contribution >= 0.6 is 11.3 Å². The van der Waals surface area contributed by atoms with Gasteiger partial charge in [0.2, 0.25) is 11.8 Å². The molecule has 27 heavy (non-hydrogen) atoms. The lowest BCUT2D eigenvalue weighted by Gasteiger charge is -2.35. The molecule has 0 radical (unpaired) electrons. The number of hydrogen-bond donors (Lipinski definition) is 0. The van der Waals surface area contributed by atoms with E-state index in [9.17, 15) is 14.4 Å². The minimum absolute atomic E-state index is 0.0672. The lowest BCUT2D eigenvalue weighted by Crippen LogP contribution is -2.46. The summed E-state index contributed by atoms with van der Waals surface area (Å²) in [6.45, 7) is 0.796. The molecule has 0 bridgehead atoms. The lowest BCUT2D eigenvalue weighted by atomic mass is 9.97. The van der Waals surface area contributed by atoms with E-state index in [-0.39, 0.29) is 18.2 Å². The maximum atomic E-state index is 13.2. The summed E-state index contributed by atoms with van der Waals surface area (Å²) in [7, 11) is 1.34. The SMILES string of the molecule is COC(=O)C1c2ccsc2CCN1C(=O)C1CC(=O)N(c2ccccc2)C1. The van der Waals surface area contributed by atoms with Crippen molar-refractivity contribution >= 4 is 34.8 Å². The number of thiophene rings is 1. The molecule has 3 heterocycles. The molecule has 1 fully saturated rings. The summed E-state index contributed by atoms with van der Waals surface area (Å²) in [4.78, 5) is 42.5. The third-order valence-electron chi connectivity index (χ3n) is 5.22. The van der Waals surface area contributed by atoms with E-state index in [1.165, 1.54) is 7.11 Å². The van der Waals surface area contributed by atoms with Crippen molar-refractivity contribution in [3.63, 3.8) is 0 Å². The van der Waals surface area contributed by atoms with Gasteiger partial charge >= 0.3 is 5.97 Å². The van der Waals surface area contributed by atoms with Crippen LogP contribution in [0.2, 0.25) is 0 Å². The topological polar surface area (TPSA) is 66.9 Å². The van der Waals surface area contributed by atoms with Crippen molar-refractivity contribution in [1.29, 1.82) is 0 Å². The van der Waals surface area contributed by atoms with Crippen LogP contribution in [0.15, 0.2) is 41.8 Å². The number of esters is 1. The predicted octanol–water partition coefficient (Wildman–Crippen LogP) is 2.40. The van der Waals surface area contributed by atoms with Gasteiger partial charge in [0.25, 0.3) is 0 Å². The van der Waals surface area contributed by atoms with Crippen LogP contribution in [0.5, 0.6) is 0 Å². The van der Waals surface area contributed by atoms with E-state index >= 15 is 0 Å². The Bertz CT molecular complexity index is 879. The van der Waals surface area contributed by atoms with E-state index in [0.717, 1.165) is 22.5 Å². The zero-order chi connectivity index (χ0) is 19.0. The average Bonchev–Trinajstić information content (AvgIpc) is 3.33. The number of anilines is 1. The molecule has 140 valence electrons. The zero-order valence-corrected chi connectivity index (χ0v) is 15.8. The van der Waals surface area contributed by atoms with Crippen LogP contribution in [0, 0.1) is 5.92 Å². The largest absolute Gasteiger partial charge is 0.467 e. The van der Waals surface area contributed by atoms with Crippen LogP contribution in [0.1, 0.15) is 22.9 Å². The highest BCUT2D eigenvalue weighted by Crippen LogP contribution is 2.36. The lowest BCUT2D eigenvalue weighted by molar-refractivity contribution is -0.155. The molecule has 0 spiro atoms. The highest BCUT2D eigenvalue weighted by atomic mass is 32.1. The molecule has 2 atom stereocenters. The molecule has 0 saturated carbocycles. The highest BCUT2D eigenvalue weighted by molar-refractivity contribution is 7.10. The maximum absolute atomic E-state index is 13.2. The third kappa shape index (κ3) is 3.12. The number of methoxy groups -OCH3 is 1. The van der Waals surface area contributed by atoms with Crippen molar-refractivity contribution in [2.75, 3.05) is 25.1 Å². The molecule has 0 N–H and O–H groups in total. The Morgan fingerprint density at radius 3 is 2.70 bits per heavy atom. The van der Waals surface area contributed by atoms with Crippen molar-refractivity contribution in [2.24, 2.45) is 5.92 Å². The van der Waals surface area contributed by atoms with Crippen LogP contribution in [0.4, 0.5) is 5.69 Å². The quantitative estimate of drug-likeness (QED) is 0.762.